The minimum atomic E-state index is -0.838. The monoisotopic (exact) mass is 218 g/mol. The summed E-state index contributed by atoms with van der Waals surface area (Å²) in [5, 5.41) is 0. The number of hydrogen-bond donors (Lipinski definition) is 0. The summed E-state index contributed by atoms with van der Waals surface area (Å²) in [5.41, 5.74) is 0.681. The van der Waals surface area contributed by atoms with Crippen LogP contribution in [0.1, 0.15) is 25.5 Å². The first-order valence-electron chi connectivity index (χ1n) is 5.04. The maximum atomic E-state index is 11.7. The third-order valence-electron chi connectivity index (χ3n) is 1.98. The maximum absolute atomic E-state index is 11.7. The molecule has 0 heterocycles. The largest absolute Gasteiger partial charge is 0.449 e. The predicted octanol–water partition coefficient (Wildman–Crippen LogP) is 2.44. The number of ether oxygens (including phenoxy) is 1. The standard InChI is InChI=1S/C13H14O3/c1-3-7-12(15)13(16-10(2)14)11-8-5-4-6-9-11/h3-9,13H,1-2H3/b7-3+. The minimum absolute atomic E-state index is 0.233. The lowest BCUT2D eigenvalue weighted by molar-refractivity contribution is -0.151. The fraction of sp³-hybridized carbons (Fsp3) is 0.231. The Morgan fingerprint density at radius 3 is 2.38 bits per heavy atom. The van der Waals surface area contributed by atoms with Gasteiger partial charge >= 0.3 is 5.97 Å². The molecular weight excluding hydrogens is 204 g/mol. The maximum Gasteiger partial charge on any atom is 0.303 e. The van der Waals surface area contributed by atoms with Crippen molar-refractivity contribution in [2.45, 2.75) is 20.0 Å². The number of carbonyl (C=O) groups excluding carboxylic acids is 2. The average Bonchev–Trinajstić information content (AvgIpc) is 2.27. The third-order valence-corrected chi connectivity index (χ3v) is 1.98. The van der Waals surface area contributed by atoms with Gasteiger partial charge in [-0.25, -0.2) is 0 Å². The van der Waals surface area contributed by atoms with Gasteiger partial charge < -0.3 is 4.74 Å². The van der Waals surface area contributed by atoms with Crippen molar-refractivity contribution < 1.29 is 14.3 Å². The summed E-state index contributed by atoms with van der Waals surface area (Å²) in [7, 11) is 0. The van der Waals surface area contributed by atoms with E-state index >= 15 is 0 Å². The van der Waals surface area contributed by atoms with Crippen molar-refractivity contribution >= 4 is 11.8 Å². The molecule has 0 spiro atoms. The third kappa shape index (κ3) is 3.35. The molecule has 0 amide bonds. The fourth-order valence-electron chi connectivity index (χ4n) is 1.34. The van der Waals surface area contributed by atoms with Gasteiger partial charge in [-0.05, 0) is 13.0 Å². The molecule has 0 saturated carbocycles. The first-order valence-corrected chi connectivity index (χ1v) is 5.04. The van der Waals surface area contributed by atoms with Crippen LogP contribution in [0.5, 0.6) is 0 Å². The van der Waals surface area contributed by atoms with E-state index in [0.717, 1.165) is 0 Å². The SMILES string of the molecule is C/C=C/C(=O)C(OC(C)=O)c1ccccc1. The van der Waals surface area contributed by atoms with Gasteiger partial charge in [0.2, 0.25) is 5.78 Å². The summed E-state index contributed by atoms with van der Waals surface area (Å²) >= 11 is 0. The lowest BCUT2D eigenvalue weighted by atomic mass is 10.1. The van der Waals surface area contributed by atoms with Crippen LogP contribution in [0.15, 0.2) is 42.5 Å². The Morgan fingerprint density at radius 2 is 1.88 bits per heavy atom. The summed E-state index contributed by atoms with van der Waals surface area (Å²) < 4.78 is 5.01. The molecule has 1 unspecified atom stereocenters. The van der Waals surface area contributed by atoms with Crippen LogP contribution in [0, 0.1) is 0 Å². The van der Waals surface area contributed by atoms with Crippen molar-refractivity contribution in [3.63, 3.8) is 0 Å². The van der Waals surface area contributed by atoms with Gasteiger partial charge in [-0.15, -0.1) is 0 Å². The molecule has 0 aliphatic heterocycles. The molecule has 0 radical (unpaired) electrons. The number of allylic oxidation sites excluding steroid dienone is 1. The second-order valence-corrected chi connectivity index (χ2v) is 3.30. The van der Waals surface area contributed by atoms with E-state index in [-0.39, 0.29) is 5.78 Å². The highest BCUT2D eigenvalue weighted by atomic mass is 16.5. The van der Waals surface area contributed by atoms with Crippen molar-refractivity contribution in [1.29, 1.82) is 0 Å². The average molecular weight is 218 g/mol. The van der Waals surface area contributed by atoms with Gasteiger partial charge in [0, 0.05) is 12.5 Å². The lowest BCUT2D eigenvalue weighted by Crippen LogP contribution is -2.16. The number of rotatable bonds is 4. The van der Waals surface area contributed by atoms with Crippen LogP contribution in [0.25, 0.3) is 0 Å². The van der Waals surface area contributed by atoms with E-state index in [4.69, 9.17) is 4.74 Å². The Kier molecular flexibility index (Phi) is 4.45. The first kappa shape index (κ1) is 12.2. The topological polar surface area (TPSA) is 43.4 Å². The quantitative estimate of drug-likeness (QED) is 0.576. The van der Waals surface area contributed by atoms with Gasteiger partial charge in [0.25, 0.3) is 0 Å². The Bertz CT molecular complexity index is 393. The highest BCUT2D eigenvalue weighted by Gasteiger charge is 2.20. The Labute approximate surface area is 94.7 Å². The Morgan fingerprint density at radius 1 is 1.25 bits per heavy atom. The molecule has 1 aromatic carbocycles. The van der Waals surface area contributed by atoms with Crippen molar-refractivity contribution in [3.8, 4) is 0 Å². The second-order valence-electron chi connectivity index (χ2n) is 3.30. The van der Waals surface area contributed by atoms with Crippen LogP contribution >= 0.6 is 0 Å². The molecule has 1 aromatic rings. The molecule has 16 heavy (non-hydrogen) atoms. The molecule has 0 N–H and O–H groups in total. The summed E-state index contributed by atoms with van der Waals surface area (Å²) in [6.07, 6.45) is 2.19. The molecule has 3 heteroatoms. The van der Waals surface area contributed by atoms with Crippen LogP contribution < -0.4 is 0 Å². The summed E-state index contributed by atoms with van der Waals surface area (Å²) in [6.45, 7) is 3.03. The van der Waals surface area contributed by atoms with Crippen molar-refractivity contribution in [1.82, 2.24) is 0 Å². The number of ketones is 1. The number of carbonyl (C=O) groups is 2. The van der Waals surface area contributed by atoms with E-state index < -0.39 is 12.1 Å². The molecule has 1 atom stereocenters. The predicted molar refractivity (Wildman–Crippen MR) is 60.8 cm³/mol. The molecule has 0 fully saturated rings. The van der Waals surface area contributed by atoms with Gasteiger partial charge in [0.15, 0.2) is 6.10 Å². The molecule has 0 aliphatic rings. The van der Waals surface area contributed by atoms with Gasteiger partial charge in [0.05, 0.1) is 0 Å². The van der Waals surface area contributed by atoms with Crippen LogP contribution in [-0.4, -0.2) is 11.8 Å². The van der Waals surface area contributed by atoms with Gasteiger partial charge in [-0.3, -0.25) is 9.59 Å². The van der Waals surface area contributed by atoms with E-state index in [1.54, 1.807) is 37.3 Å². The van der Waals surface area contributed by atoms with E-state index in [1.807, 2.05) is 6.07 Å². The summed E-state index contributed by atoms with van der Waals surface area (Å²) in [4.78, 5) is 22.7. The fourth-order valence-corrected chi connectivity index (χ4v) is 1.34. The van der Waals surface area contributed by atoms with Crippen molar-refractivity contribution in [2.75, 3.05) is 0 Å². The first-order chi connectivity index (χ1) is 7.65. The van der Waals surface area contributed by atoms with Crippen LogP contribution in [0.4, 0.5) is 0 Å². The molecule has 0 aliphatic carbocycles. The zero-order valence-corrected chi connectivity index (χ0v) is 9.34. The van der Waals surface area contributed by atoms with Gasteiger partial charge in [-0.1, -0.05) is 36.4 Å². The Balaban J connectivity index is 2.96. The highest BCUT2D eigenvalue weighted by Crippen LogP contribution is 2.19. The normalized spacial score (nSPS) is 12.4. The molecule has 0 saturated heterocycles. The van der Waals surface area contributed by atoms with Crippen LogP contribution in [0.3, 0.4) is 0 Å². The van der Waals surface area contributed by atoms with Crippen molar-refractivity contribution in [2.24, 2.45) is 0 Å². The minimum Gasteiger partial charge on any atom is -0.449 e. The lowest BCUT2D eigenvalue weighted by Gasteiger charge is -2.14. The number of esters is 1. The van der Waals surface area contributed by atoms with E-state index in [9.17, 15) is 9.59 Å². The zero-order valence-electron chi connectivity index (χ0n) is 9.34. The van der Waals surface area contributed by atoms with Crippen molar-refractivity contribution in [3.05, 3.63) is 48.0 Å². The van der Waals surface area contributed by atoms with Gasteiger partial charge in [0.1, 0.15) is 0 Å². The number of hydrogen-bond acceptors (Lipinski definition) is 3. The number of benzene rings is 1. The molecule has 0 bridgehead atoms. The molecule has 3 nitrogen and oxygen atoms in total. The summed E-state index contributed by atoms with van der Waals surface area (Å²) in [6, 6.07) is 8.96. The van der Waals surface area contributed by atoms with E-state index in [1.165, 1.54) is 13.0 Å². The van der Waals surface area contributed by atoms with E-state index in [0.29, 0.717) is 5.56 Å². The molecule has 84 valence electrons. The Hall–Kier alpha value is -1.90. The highest BCUT2D eigenvalue weighted by molar-refractivity contribution is 5.95. The zero-order chi connectivity index (χ0) is 12.0. The van der Waals surface area contributed by atoms with Crippen LogP contribution in [-0.2, 0) is 14.3 Å². The molecule has 0 aromatic heterocycles. The van der Waals surface area contributed by atoms with E-state index in [2.05, 4.69) is 0 Å². The smallest absolute Gasteiger partial charge is 0.303 e. The molecular formula is C13H14O3. The molecule has 1 rings (SSSR count). The second kappa shape index (κ2) is 5.85. The van der Waals surface area contributed by atoms with Crippen LogP contribution in [0.2, 0.25) is 0 Å². The summed E-state index contributed by atoms with van der Waals surface area (Å²) in [5.74, 6) is -0.699. The van der Waals surface area contributed by atoms with Gasteiger partial charge in [-0.2, -0.15) is 0 Å².